The molecule has 0 unspecified atom stereocenters. The van der Waals surface area contributed by atoms with Crippen molar-refractivity contribution in [2.75, 3.05) is 0 Å². The van der Waals surface area contributed by atoms with Crippen LogP contribution in [0.25, 0.3) is 0 Å². The zero-order valence-electron chi connectivity index (χ0n) is 7.80. The molecule has 0 aromatic carbocycles. The van der Waals surface area contributed by atoms with Crippen LogP contribution in [0.3, 0.4) is 0 Å². The van der Waals surface area contributed by atoms with Gasteiger partial charge in [0.05, 0.1) is 5.69 Å². The fourth-order valence-corrected chi connectivity index (χ4v) is 2.27. The Hall–Kier alpha value is -0.100. The molecule has 0 atom stereocenters. The van der Waals surface area contributed by atoms with Crippen molar-refractivity contribution in [3.8, 4) is 0 Å². The van der Waals surface area contributed by atoms with E-state index in [-0.39, 0.29) is 0 Å². The molecule has 0 radical (unpaired) electrons. The Balaban J connectivity index is 2.45. The summed E-state index contributed by atoms with van der Waals surface area (Å²) in [5, 5.41) is 5.35. The molecule has 4 heteroatoms. The van der Waals surface area contributed by atoms with Crippen LogP contribution in [0.1, 0.15) is 19.5 Å². The second-order valence-corrected chi connectivity index (χ2v) is 5.78. The highest BCUT2D eigenvalue weighted by molar-refractivity contribution is 14.1. The van der Waals surface area contributed by atoms with Crippen LogP contribution < -0.4 is 5.32 Å². The van der Waals surface area contributed by atoms with Crippen molar-refractivity contribution < 1.29 is 0 Å². The number of nitrogens with zero attached hydrogens (tertiary/aromatic N) is 1. The Morgan fingerprint density at radius 2 is 2.46 bits per heavy atom. The Kier molecular flexibility index (Phi) is 4.18. The lowest BCUT2D eigenvalue weighted by Crippen LogP contribution is -2.22. The van der Waals surface area contributed by atoms with Crippen LogP contribution in [0.5, 0.6) is 0 Å². The normalized spacial score (nSPS) is 10.5. The smallest absolute Gasteiger partial charge is 0.154 e. The van der Waals surface area contributed by atoms with Crippen molar-refractivity contribution in [1.29, 1.82) is 0 Å². The van der Waals surface area contributed by atoms with Crippen LogP contribution in [-0.2, 0) is 6.42 Å². The third-order valence-electron chi connectivity index (χ3n) is 1.41. The van der Waals surface area contributed by atoms with E-state index in [9.17, 15) is 0 Å². The molecule has 0 aliphatic carbocycles. The first-order chi connectivity index (χ1) is 6.08. The average molecular weight is 308 g/mol. The topological polar surface area (TPSA) is 24.9 Å². The van der Waals surface area contributed by atoms with Gasteiger partial charge in [-0.25, -0.2) is 4.98 Å². The molecule has 1 heterocycles. The predicted molar refractivity (Wildman–Crippen MR) is 65.9 cm³/mol. The van der Waals surface area contributed by atoms with Gasteiger partial charge < -0.3 is 5.32 Å². The maximum absolute atomic E-state index is 4.36. The number of hydrogen-bond donors (Lipinski definition) is 1. The first-order valence-corrected chi connectivity index (χ1v) is 6.08. The molecular weight excluding hydrogens is 295 g/mol. The zero-order valence-corrected chi connectivity index (χ0v) is 10.8. The molecule has 0 aliphatic heterocycles. The zero-order chi connectivity index (χ0) is 9.84. The first-order valence-electron chi connectivity index (χ1n) is 4.12. The second kappa shape index (κ2) is 4.95. The third kappa shape index (κ3) is 4.08. The van der Waals surface area contributed by atoms with E-state index in [1.54, 1.807) is 11.3 Å². The fraction of sp³-hybridized carbons (Fsp3) is 0.444. The Morgan fingerprint density at radius 3 is 2.92 bits per heavy atom. The molecule has 0 fully saturated rings. The van der Waals surface area contributed by atoms with Gasteiger partial charge in [0.15, 0.2) is 3.01 Å². The summed E-state index contributed by atoms with van der Waals surface area (Å²) in [4.78, 5) is 4.36. The van der Waals surface area contributed by atoms with Crippen LogP contribution in [0.15, 0.2) is 17.7 Å². The average Bonchev–Trinajstić information content (AvgIpc) is 2.33. The number of rotatable bonds is 4. The van der Waals surface area contributed by atoms with Gasteiger partial charge >= 0.3 is 0 Å². The van der Waals surface area contributed by atoms with Crippen LogP contribution in [0.2, 0.25) is 0 Å². The molecular formula is C9H13IN2S. The van der Waals surface area contributed by atoms with E-state index >= 15 is 0 Å². The van der Waals surface area contributed by atoms with Gasteiger partial charge in [0.2, 0.25) is 0 Å². The van der Waals surface area contributed by atoms with E-state index in [1.807, 2.05) is 0 Å². The van der Waals surface area contributed by atoms with Crippen LogP contribution >= 0.6 is 33.9 Å². The highest BCUT2D eigenvalue weighted by Gasteiger charge is 2.02. The third-order valence-corrected chi connectivity index (χ3v) is 3.09. The highest BCUT2D eigenvalue weighted by atomic mass is 127. The summed E-state index contributed by atoms with van der Waals surface area (Å²) in [7, 11) is 0. The molecule has 2 nitrogen and oxygen atoms in total. The van der Waals surface area contributed by atoms with E-state index in [0.717, 1.165) is 20.8 Å². The maximum atomic E-state index is 4.36. The van der Waals surface area contributed by atoms with E-state index in [0.29, 0.717) is 6.04 Å². The van der Waals surface area contributed by atoms with Crippen LogP contribution in [0, 0.1) is 3.01 Å². The van der Waals surface area contributed by atoms with Crippen molar-refractivity contribution in [2.24, 2.45) is 0 Å². The minimum absolute atomic E-state index is 0.449. The molecule has 13 heavy (non-hydrogen) atoms. The first kappa shape index (κ1) is 11.0. The molecule has 0 saturated heterocycles. The maximum Gasteiger partial charge on any atom is 0.154 e. The van der Waals surface area contributed by atoms with Crippen molar-refractivity contribution in [3.63, 3.8) is 0 Å². The van der Waals surface area contributed by atoms with Crippen molar-refractivity contribution >= 4 is 33.9 Å². The molecule has 1 N–H and O–H groups in total. The second-order valence-electron chi connectivity index (χ2n) is 3.17. The number of halogens is 1. The number of nitrogens with one attached hydrogen (secondary N) is 1. The number of allylic oxidation sites excluding steroid dienone is 1. The lowest BCUT2D eigenvalue weighted by atomic mass is 10.2. The molecule has 1 aromatic heterocycles. The summed E-state index contributed by atoms with van der Waals surface area (Å²) in [5.41, 5.74) is 2.14. The molecule has 1 aromatic rings. The predicted octanol–water partition coefficient (Wildman–Crippen LogP) is 2.80. The van der Waals surface area contributed by atoms with Gasteiger partial charge in [-0.2, -0.15) is 0 Å². The highest BCUT2D eigenvalue weighted by Crippen LogP contribution is 2.13. The van der Waals surface area contributed by atoms with E-state index in [1.165, 1.54) is 0 Å². The van der Waals surface area contributed by atoms with Gasteiger partial charge in [-0.05, 0) is 36.4 Å². The number of hydrogen-bond acceptors (Lipinski definition) is 3. The monoisotopic (exact) mass is 308 g/mol. The van der Waals surface area contributed by atoms with Gasteiger partial charge in [0.25, 0.3) is 0 Å². The van der Waals surface area contributed by atoms with Gasteiger partial charge in [-0.3, -0.25) is 0 Å². The summed E-state index contributed by atoms with van der Waals surface area (Å²) < 4.78 is 1.09. The molecule has 0 bridgehead atoms. The summed E-state index contributed by atoms with van der Waals surface area (Å²) >= 11 is 3.90. The molecule has 0 aliphatic rings. The van der Waals surface area contributed by atoms with Gasteiger partial charge in [0, 0.05) is 23.5 Å². The van der Waals surface area contributed by atoms with E-state index in [2.05, 4.69) is 58.7 Å². The van der Waals surface area contributed by atoms with Crippen LogP contribution in [0.4, 0.5) is 0 Å². The SMILES string of the molecule is C=C(Cc1csc(I)n1)NC(C)C. The fourth-order valence-electron chi connectivity index (χ4n) is 1.04. The number of thiazole rings is 1. The van der Waals surface area contributed by atoms with Gasteiger partial charge in [-0.1, -0.05) is 6.58 Å². The summed E-state index contributed by atoms with van der Waals surface area (Å²) in [5.74, 6) is 0. The van der Waals surface area contributed by atoms with Gasteiger partial charge in [0.1, 0.15) is 0 Å². The summed E-state index contributed by atoms with van der Waals surface area (Å²) in [6.45, 7) is 8.16. The minimum atomic E-state index is 0.449. The number of aromatic nitrogens is 1. The van der Waals surface area contributed by atoms with Crippen molar-refractivity contribution in [1.82, 2.24) is 10.3 Å². The molecule has 0 spiro atoms. The van der Waals surface area contributed by atoms with Crippen molar-refractivity contribution in [2.45, 2.75) is 26.3 Å². The van der Waals surface area contributed by atoms with E-state index < -0.39 is 0 Å². The standard InChI is InChI=1S/C9H13IN2S/c1-6(2)11-7(3)4-8-5-13-9(10)12-8/h5-6,11H,3-4H2,1-2H3. The summed E-state index contributed by atoms with van der Waals surface area (Å²) in [6, 6.07) is 0.449. The van der Waals surface area contributed by atoms with Crippen molar-refractivity contribution in [3.05, 3.63) is 26.4 Å². The lowest BCUT2D eigenvalue weighted by Gasteiger charge is -2.11. The minimum Gasteiger partial charge on any atom is -0.386 e. The largest absolute Gasteiger partial charge is 0.386 e. The molecule has 72 valence electrons. The molecule has 1 rings (SSSR count). The lowest BCUT2D eigenvalue weighted by molar-refractivity contribution is 0.655. The Morgan fingerprint density at radius 1 is 1.77 bits per heavy atom. The molecule has 0 saturated carbocycles. The summed E-state index contributed by atoms with van der Waals surface area (Å²) in [6.07, 6.45) is 0.831. The Bertz CT molecular complexity index is 294. The quantitative estimate of drug-likeness (QED) is 0.865. The van der Waals surface area contributed by atoms with Gasteiger partial charge in [-0.15, -0.1) is 11.3 Å². The van der Waals surface area contributed by atoms with E-state index in [4.69, 9.17) is 0 Å². The van der Waals surface area contributed by atoms with Crippen LogP contribution in [-0.4, -0.2) is 11.0 Å². The Labute approximate surface area is 96.6 Å². The molecule has 0 amide bonds.